The van der Waals surface area contributed by atoms with Crippen molar-refractivity contribution in [2.75, 3.05) is 11.5 Å². The minimum atomic E-state index is -2.42. The molecule has 0 aliphatic carbocycles. The number of nitrogens with zero attached hydrogens (tertiary/aromatic N) is 3. The van der Waals surface area contributed by atoms with Gasteiger partial charge in [-0.1, -0.05) is 30.2 Å². The number of carbonyl (C=O) groups excluding carboxylic acids is 1. The van der Waals surface area contributed by atoms with Gasteiger partial charge in [-0.2, -0.15) is 9.46 Å². The summed E-state index contributed by atoms with van der Waals surface area (Å²) in [5, 5.41) is 16.1. The van der Waals surface area contributed by atoms with E-state index in [0.29, 0.717) is 17.2 Å². The van der Waals surface area contributed by atoms with Crippen LogP contribution in [0.3, 0.4) is 0 Å². The van der Waals surface area contributed by atoms with Gasteiger partial charge in [0.2, 0.25) is 11.7 Å². The first-order chi connectivity index (χ1) is 13.9. The van der Waals surface area contributed by atoms with Gasteiger partial charge in [0.15, 0.2) is 0 Å². The number of carbonyl (C=O) groups is 1. The molecule has 1 aliphatic rings. The topological polar surface area (TPSA) is 84.5 Å². The summed E-state index contributed by atoms with van der Waals surface area (Å²) in [6, 6.07) is 7.27. The smallest absolute Gasteiger partial charge is 0.220 e. The molecule has 1 N–H and O–H groups in total. The third-order valence-corrected chi connectivity index (χ3v) is 8.64. The fraction of sp³-hybridized carbons (Fsp3) is 0.300. The quantitative estimate of drug-likeness (QED) is 0.566. The second-order valence-corrected chi connectivity index (χ2v) is 10.8. The minimum Gasteiger partial charge on any atom is -0.493 e. The Hall–Kier alpha value is -2.16. The van der Waals surface area contributed by atoms with Gasteiger partial charge >= 0.3 is 0 Å². The predicted octanol–water partition coefficient (Wildman–Crippen LogP) is 5.02. The standard InChI is InChI=1S/C20H20ClN3O3S2/c1-24-20(26)15(12-22-24)19(25)14-8-7-13(16-6-5-9-28-16)18(17(14)21)23-29(27)10-3-2-4-11-29/h5-9,12,26H,2-4,10-11H2,1H3. The van der Waals surface area contributed by atoms with Gasteiger partial charge in [-0.3, -0.25) is 4.79 Å². The van der Waals surface area contributed by atoms with Crippen LogP contribution in [0.25, 0.3) is 10.4 Å². The van der Waals surface area contributed by atoms with E-state index in [2.05, 4.69) is 9.46 Å². The number of halogens is 1. The molecule has 4 rings (SSSR count). The molecule has 3 aromatic rings. The second kappa shape index (κ2) is 7.93. The van der Waals surface area contributed by atoms with E-state index in [-0.39, 0.29) is 22.0 Å². The van der Waals surface area contributed by atoms with Crippen molar-refractivity contribution >= 4 is 44.1 Å². The summed E-state index contributed by atoms with van der Waals surface area (Å²) in [7, 11) is -0.879. The van der Waals surface area contributed by atoms with Gasteiger partial charge in [0.05, 0.1) is 20.9 Å². The molecule has 0 radical (unpaired) electrons. The highest BCUT2D eigenvalue weighted by Crippen LogP contribution is 2.42. The van der Waals surface area contributed by atoms with Crippen LogP contribution in [0.1, 0.15) is 35.2 Å². The highest BCUT2D eigenvalue weighted by Gasteiger charge is 2.25. The second-order valence-electron chi connectivity index (χ2n) is 6.97. The molecule has 1 aromatic carbocycles. The van der Waals surface area contributed by atoms with Crippen molar-refractivity contribution in [1.82, 2.24) is 9.78 Å². The lowest BCUT2D eigenvalue weighted by molar-refractivity contribution is 0.103. The zero-order valence-corrected chi connectivity index (χ0v) is 18.2. The monoisotopic (exact) mass is 449 g/mol. The maximum atomic E-state index is 13.3. The number of hydrogen-bond donors (Lipinski definition) is 1. The van der Waals surface area contributed by atoms with Crippen LogP contribution < -0.4 is 0 Å². The van der Waals surface area contributed by atoms with Crippen LogP contribution in [-0.4, -0.2) is 36.4 Å². The molecule has 152 valence electrons. The summed E-state index contributed by atoms with van der Waals surface area (Å²) < 4.78 is 19.1. The van der Waals surface area contributed by atoms with Crippen LogP contribution in [0.2, 0.25) is 5.02 Å². The molecule has 0 bridgehead atoms. The van der Waals surface area contributed by atoms with Gasteiger partial charge in [-0.15, -0.1) is 11.3 Å². The minimum absolute atomic E-state index is 0.0612. The van der Waals surface area contributed by atoms with Gasteiger partial charge < -0.3 is 5.11 Å². The van der Waals surface area contributed by atoms with E-state index < -0.39 is 15.5 Å². The summed E-state index contributed by atoms with van der Waals surface area (Å²) in [5.41, 5.74) is 1.40. The molecule has 0 amide bonds. The molecule has 1 saturated heterocycles. The summed E-state index contributed by atoms with van der Waals surface area (Å²) in [6.45, 7) is 0. The fourth-order valence-electron chi connectivity index (χ4n) is 3.39. The Morgan fingerprint density at radius 2 is 2.00 bits per heavy atom. The van der Waals surface area contributed by atoms with E-state index in [9.17, 15) is 14.1 Å². The molecular formula is C20H20ClN3O3S2. The Bertz CT molecular complexity index is 1180. The molecule has 0 saturated carbocycles. The molecule has 1 aliphatic heterocycles. The maximum absolute atomic E-state index is 13.3. The third-order valence-electron chi connectivity index (χ3n) is 4.98. The number of ketones is 1. The lowest BCUT2D eigenvalue weighted by Crippen LogP contribution is -2.16. The molecule has 1 fully saturated rings. The highest BCUT2D eigenvalue weighted by atomic mass is 35.5. The number of hydrogen-bond acceptors (Lipinski definition) is 6. The Labute approximate surface area is 178 Å². The molecule has 6 nitrogen and oxygen atoms in total. The van der Waals surface area contributed by atoms with Crippen LogP contribution in [0.15, 0.2) is 40.2 Å². The summed E-state index contributed by atoms with van der Waals surface area (Å²) in [4.78, 5) is 14.0. The predicted molar refractivity (Wildman–Crippen MR) is 117 cm³/mol. The number of benzene rings is 1. The lowest BCUT2D eigenvalue weighted by atomic mass is 10.0. The number of thiophene rings is 1. The zero-order chi connectivity index (χ0) is 20.6. The molecular weight excluding hydrogens is 430 g/mol. The fourth-order valence-corrected chi connectivity index (χ4v) is 6.70. The van der Waals surface area contributed by atoms with Gasteiger partial charge in [-0.25, -0.2) is 8.89 Å². The van der Waals surface area contributed by atoms with Crippen molar-refractivity contribution in [3.05, 3.63) is 52.0 Å². The van der Waals surface area contributed by atoms with Crippen molar-refractivity contribution < 1.29 is 14.1 Å². The Balaban J connectivity index is 1.90. The Morgan fingerprint density at radius 3 is 2.62 bits per heavy atom. The molecule has 3 heterocycles. The molecule has 0 atom stereocenters. The van der Waals surface area contributed by atoms with Gasteiger partial charge in [0.25, 0.3) is 0 Å². The third kappa shape index (κ3) is 3.84. The SMILES string of the molecule is Cn1ncc(C(=O)c2ccc(-c3cccs3)c(N=S3(=O)CCCCC3)c2Cl)c1O. The molecule has 9 heteroatoms. The van der Waals surface area contributed by atoms with E-state index >= 15 is 0 Å². The van der Waals surface area contributed by atoms with Crippen LogP contribution in [-0.2, 0) is 16.8 Å². The first-order valence-corrected chi connectivity index (χ1v) is 12.4. The number of aryl methyl sites for hydroxylation is 1. The van der Waals surface area contributed by atoms with Crippen LogP contribution >= 0.6 is 22.9 Å². The summed E-state index contributed by atoms with van der Waals surface area (Å²) >= 11 is 8.20. The maximum Gasteiger partial charge on any atom is 0.220 e. The average molecular weight is 450 g/mol. The van der Waals surface area contributed by atoms with E-state index in [1.165, 1.54) is 22.2 Å². The molecule has 0 spiro atoms. The Kier molecular flexibility index (Phi) is 5.50. The average Bonchev–Trinajstić information content (AvgIpc) is 3.34. The molecule has 2 aromatic heterocycles. The zero-order valence-electron chi connectivity index (χ0n) is 15.8. The number of aromatic nitrogens is 2. The van der Waals surface area contributed by atoms with Crippen molar-refractivity contribution in [3.63, 3.8) is 0 Å². The van der Waals surface area contributed by atoms with Gasteiger partial charge in [-0.05, 0) is 30.4 Å². The van der Waals surface area contributed by atoms with Crippen molar-refractivity contribution in [2.45, 2.75) is 19.3 Å². The number of aromatic hydroxyl groups is 1. The molecule has 29 heavy (non-hydrogen) atoms. The van der Waals surface area contributed by atoms with Crippen molar-refractivity contribution in [3.8, 4) is 16.3 Å². The highest BCUT2D eigenvalue weighted by molar-refractivity contribution is 7.93. The van der Waals surface area contributed by atoms with Crippen LogP contribution in [0.5, 0.6) is 5.88 Å². The van der Waals surface area contributed by atoms with Crippen molar-refractivity contribution in [2.24, 2.45) is 11.4 Å². The summed E-state index contributed by atoms with van der Waals surface area (Å²) in [5.74, 6) is 0.391. The normalized spacial score (nSPS) is 15.9. The summed E-state index contributed by atoms with van der Waals surface area (Å²) in [6.07, 6.45) is 4.10. The van der Waals surface area contributed by atoms with Crippen LogP contribution in [0.4, 0.5) is 5.69 Å². The van der Waals surface area contributed by atoms with E-state index in [4.69, 9.17) is 11.6 Å². The largest absolute Gasteiger partial charge is 0.493 e. The number of rotatable bonds is 4. The lowest BCUT2D eigenvalue weighted by Gasteiger charge is -2.17. The van der Waals surface area contributed by atoms with E-state index in [1.807, 2.05) is 17.5 Å². The van der Waals surface area contributed by atoms with E-state index in [1.54, 1.807) is 19.2 Å². The van der Waals surface area contributed by atoms with Gasteiger partial charge in [0.1, 0.15) is 11.3 Å². The first kappa shape index (κ1) is 20.1. The van der Waals surface area contributed by atoms with Crippen LogP contribution in [0, 0.1) is 0 Å². The Morgan fingerprint density at radius 1 is 1.24 bits per heavy atom. The van der Waals surface area contributed by atoms with E-state index in [0.717, 1.165) is 29.7 Å². The first-order valence-electron chi connectivity index (χ1n) is 9.24. The molecule has 0 unspecified atom stereocenters. The van der Waals surface area contributed by atoms with Crippen molar-refractivity contribution in [1.29, 1.82) is 0 Å². The van der Waals surface area contributed by atoms with Gasteiger partial charge in [0, 0.05) is 34.6 Å².